The van der Waals surface area contributed by atoms with Gasteiger partial charge in [0.1, 0.15) is 0 Å². The van der Waals surface area contributed by atoms with Crippen molar-refractivity contribution >= 4 is 5.97 Å². The molecule has 0 radical (unpaired) electrons. The lowest BCUT2D eigenvalue weighted by atomic mass is 10.3. The Kier molecular flexibility index (Phi) is 15.0. The van der Waals surface area contributed by atoms with Crippen LogP contribution in [0.2, 0.25) is 0 Å². The van der Waals surface area contributed by atoms with Crippen LogP contribution < -0.4 is 5.11 Å². The molecule has 0 spiro atoms. The zero-order valence-electron chi connectivity index (χ0n) is 13.2. The van der Waals surface area contributed by atoms with Gasteiger partial charge in [0.25, 0.3) is 0 Å². The Labute approximate surface area is 118 Å². The first-order valence-corrected chi connectivity index (χ1v) is 7.05. The molecular weight excluding hydrogens is 246 g/mol. The predicted molar refractivity (Wildman–Crippen MR) is 74.7 cm³/mol. The average molecular weight is 277 g/mol. The van der Waals surface area contributed by atoms with Crippen LogP contribution >= 0.6 is 0 Å². The molecule has 116 valence electrons. The number of methoxy groups -OCH3 is 1. The molecule has 0 aromatic heterocycles. The predicted octanol–water partition coefficient (Wildman–Crippen LogP) is 0.672. The molecule has 0 N–H and O–H groups in total. The van der Waals surface area contributed by atoms with Crippen LogP contribution in [0.3, 0.4) is 0 Å². The zero-order chi connectivity index (χ0) is 15.1. The number of carboxylic acid groups (broad SMARTS) is 1. The Morgan fingerprint density at radius 3 is 2.00 bits per heavy atom. The third kappa shape index (κ3) is 15.3. The summed E-state index contributed by atoms with van der Waals surface area (Å²) in [6.07, 6.45) is 1.25. The number of hydrogen-bond donors (Lipinski definition) is 0. The molecule has 0 fully saturated rings. The van der Waals surface area contributed by atoms with E-state index in [1.807, 2.05) is 0 Å². The average Bonchev–Trinajstić information content (AvgIpc) is 2.39. The second kappa shape index (κ2) is 13.8. The first kappa shape index (κ1) is 20.7. The molecule has 0 rings (SSSR count). The summed E-state index contributed by atoms with van der Waals surface area (Å²) in [7, 11) is 3.88. The van der Waals surface area contributed by atoms with E-state index in [1.165, 1.54) is 30.5 Å². The van der Waals surface area contributed by atoms with Crippen molar-refractivity contribution < 1.29 is 23.9 Å². The highest BCUT2D eigenvalue weighted by Crippen LogP contribution is 2.01. The minimum atomic E-state index is -1.09. The monoisotopic (exact) mass is 277 g/mol. The molecule has 0 atom stereocenters. The third-order valence-electron chi connectivity index (χ3n) is 3.17. The number of quaternary nitrogens is 1. The van der Waals surface area contributed by atoms with E-state index in [2.05, 4.69) is 32.6 Å². The molecule has 0 bridgehead atoms. The van der Waals surface area contributed by atoms with Gasteiger partial charge in [0, 0.05) is 19.5 Å². The SMILES string of the molecule is CCC[N+](C)(CC)CC.COCCOCCC(=O)[O-]. The number of rotatable bonds is 10. The van der Waals surface area contributed by atoms with Crippen LogP contribution in [0.15, 0.2) is 0 Å². The van der Waals surface area contributed by atoms with E-state index in [0.717, 1.165) is 0 Å². The van der Waals surface area contributed by atoms with E-state index in [1.54, 1.807) is 7.11 Å². The summed E-state index contributed by atoms with van der Waals surface area (Å²) >= 11 is 0. The number of carboxylic acids is 1. The largest absolute Gasteiger partial charge is 0.550 e. The summed E-state index contributed by atoms with van der Waals surface area (Å²) in [5.74, 6) is -1.09. The molecule has 0 aliphatic rings. The third-order valence-corrected chi connectivity index (χ3v) is 3.17. The van der Waals surface area contributed by atoms with Crippen LogP contribution in [-0.4, -0.2) is 64.1 Å². The molecule has 5 heteroatoms. The van der Waals surface area contributed by atoms with Gasteiger partial charge >= 0.3 is 0 Å². The van der Waals surface area contributed by atoms with Crippen LogP contribution in [0.5, 0.6) is 0 Å². The quantitative estimate of drug-likeness (QED) is 0.435. The second-order valence-corrected chi connectivity index (χ2v) is 4.70. The van der Waals surface area contributed by atoms with Crippen LogP contribution in [0.4, 0.5) is 0 Å². The fourth-order valence-electron chi connectivity index (χ4n) is 1.48. The highest BCUT2D eigenvalue weighted by Gasteiger charge is 2.13. The van der Waals surface area contributed by atoms with Gasteiger partial charge in [-0.15, -0.1) is 0 Å². The van der Waals surface area contributed by atoms with Gasteiger partial charge in [-0.2, -0.15) is 0 Å². The molecule has 0 aliphatic heterocycles. The summed E-state index contributed by atoms with van der Waals surface area (Å²) in [4.78, 5) is 9.81. The van der Waals surface area contributed by atoms with Crippen LogP contribution in [0.25, 0.3) is 0 Å². The topological polar surface area (TPSA) is 58.6 Å². The Balaban J connectivity index is 0. The highest BCUT2D eigenvalue weighted by atomic mass is 16.5. The number of ether oxygens (including phenoxy) is 2. The maximum absolute atomic E-state index is 9.81. The molecule has 0 heterocycles. The van der Waals surface area contributed by atoms with Gasteiger partial charge in [-0.25, -0.2) is 0 Å². The first-order chi connectivity index (χ1) is 8.95. The number of aliphatic carboxylic acids is 1. The van der Waals surface area contributed by atoms with Gasteiger partial charge in [-0.1, -0.05) is 6.92 Å². The fraction of sp³-hybridized carbons (Fsp3) is 0.929. The molecule has 0 aromatic carbocycles. The first-order valence-electron chi connectivity index (χ1n) is 7.05. The summed E-state index contributed by atoms with van der Waals surface area (Å²) in [6.45, 7) is 11.8. The molecule has 0 aliphatic carbocycles. The minimum Gasteiger partial charge on any atom is -0.550 e. The van der Waals surface area contributed by atoms with Gasteiger partial charge < -0.3 is 23.9 Å². The molecule has 0 saturated heterocycles. The van der Waals surface area contributed by atoms with Crippen molar-refractivity contribution in [3.05, 3.63) is 0 Å². The number of nitrogens with zero attached hydrogens (tertiary/aromatic N) is 1. The summed E-state index contributed by atoms with van der Waals surface area (Å²) in [5, 5.41) is 9.81. The van der Waals surface area contributed by atoms with Crippen molar-refractivity contribution in [3.63, 3.8) is 0 Å². The second-order valence-electron chi connectivity index (χ2n) is 4.70. The molecule has 5 nitrogen and oxygen atoms in total. The summed E-state index contributed by atoms with van der Waals surface area (Å²) in [5.41, 5.74) is 0. The van der Waals surface area contributed by atoms with E-state index in [4.69, 9.17) is 4.74 Å². The van der Waals surface area contributed by atoms with Gasteiger partial charge in [-0.05, 0) is 20.3 Å². The van der Waals surface area contributed by atoms with E-state index in [-0.39, 0.29) is 13.0 Å². The normalized spacial score (nSPS) is 10.8. The number of carbonyl (C=O) groups excluding carboxylic acids is 1. The van der Waals surface area contributed by atoms with Crippen molar-refractivity contribution in [1.29, 1.82) is 0 Å². The van der Waals surface area contributed by atoms with Crippen LogP contribution in [-0.2, 0) is 14.3 Å². The Hall–Kier alpha value is -0.650. The lowest BCUT2D eigenvalue weighted by Gasteiger charge is -2.31. The molecule has 0 amide bonds. The minimum absolute atomic E-state index is 0.0519. The molecule has 0 saturated carbocycles. The Morgan fingerprint density at radius 1 is 1.11 bits per heavy atom. The summed E-state index contributed by atoms with van der Waals surface area (Å²) in [6, 6.07) is 0. The smallest absolute Gasteiger partial charge is 0.0781 e. The highest BCUT2D eigenvalue weighted by molar-refractivity contribution is 5.64. The Bertz CT molecular complexity index is 206. The molecule has 0 unspecified atom stereocenters. The van der Waals surface area contributed by atoms with Gasteiger partial charge in [0.2, 0.25) is 0 Å². The van der Waals surface area contributed by atoms with E-state index in [0.29, 0.717) is 13.2 Å². The molecule has 19 heavy (non-hydrogen) atoms. The van der Waals surface area contributed by atoms with Crippen LogP contribution in [0.1, 0.15) is 33.6 Å². The van der Waals surface area contributed by atoms with E-state index in [9.17, 15) is 9.90 Å². The van der Waals surface area contributed by atoms with E-state index < -0.39 is 5.97 Å². The standard InChI is InChI=1S/C8H20N.C6H12O4/c1-5-8-9(4,6-2)7-3;1-9-4-5-10-3-2-6(7)8/h5-8H2,1-4H3;2-5H2,1H3,(H,7,8)/q+1;/p-1. The lowest BCUT2D eigenvalue weighted by molar-refractivity contribution is -0.906. The van der Waals surface area contributed by atoms with Crippen molar-refractivity contribution in [2.24, 2.45) is 0 Å². The van der Waals surface area contributed by atoms with Gasteiger partial charge in [-0.3, -0.25) is 0 Å². The maximum atomic E-state index is 9.81. The Morgan fingerprint density at radius 2 is 1.68 bits per heavy atom. The van der Waals surface area contributed by atoms with Gasteiger partial charge in [0.15, 0.2) is 0 Å². The number of carbonyl (C=O) groups is 1. The maximum Gasteiger partial charge on any atom is 0.0781 e. The fourth-order valence-corrected chi connectivity index (χ4v) is 1.48. The van der Waals surface area contributed by atoms with Crippen LogP contribution in [0, 0.1) is 0 Å². The lowest BCUT2D eigenvalue weighted by Crippen LogP contribution is -2.43. The summed E-state index contributed by atoms with van der Waals surface area (Å²) < 4.78 is 10.7. The molecule has 0 aromatic rings. The molecular formula is C14H31NO4. The van der Waals surface area contributed by atoms with Crippen molar-refractivity contribution in [3.8, 4) is 0 Å². The van der Waals surface area contributed by atoms with Crippen molar-refractivity contribution in [1.82, 2.24) is 0 Å². The number of hydrogen-bond acceptors (Lipinski definition) is 4. The van der Waals surface area contributed by atoms with Crippen molar-refractivity contribution in [2.75, 3.05) is 53.6 Å². The van der Waals surface area contributed by atoms with Gasteiger partial charge in [0.05, 0.1) is 46.5 Å². The van der Waals surface area contributed by atoms with E-state index >= 15 is 0 Å². The van der Waals surface area contributed by atoms with Crippen molar-refractivity contribution in [2.45, 2.75) is 33.6 Å². The zero-order valence-corrected chi connectivity index (χ0v) is 13.2.